The Morgan fingerprint density at radius 3 is 2.94 bits per heavy atom. The van der Waals surface area contributed by atoms with Crippen LogP contribution in [0.2, 0.25) is 0 Å². The first-order chi connectivity index (χ1) is 8.52. The summed E-state index contributed by atoms with van der Waals surface area (Å²) in [6.45, 7) is 4.36. The van der Waals surface area contributed by atoms with E-state index >= 15 is 0 Å². The number of hydrogen-bond donors (Lipinski definition) is 3. The minimum atomic E-state index is -0.553. The molecule has 0 aromatic heterocycles. The molecule has 1 amide bonds. The molecule has 4 nitrogen and oxygen atoms in total. The Bertz CT molecular complexity index is 443. The zero-order valence-electron chi connectivity index (χ0n) is 10.9. The van der Waals surface area contributed by atoms with Gasteiger partial charge in [0, 0.05) is 24.6 Å². The fourth-order valence-electron chi connectivity index (χ4n) is 2.23. The summed E-state index contributed by atoms with van der Waals surface area (Å²) in [6, 6.07) is 8.08. The monoisotopic (exact) mass is 248 g/mol. The van der Waals surface area contributed by atoms with Gasteiger partial charge in [0.25, 0.3) is 0 Å². The lowest BCUT2D eigenvalue weighted by Gasteiger charge is -2.24. The molecule has 4 heteroatoms. The van der Waals surface area contributed by atoms with Crippen molar-refractivity contribution in [1.29, 1.82) is 0 Å². The summed E-state index contributed by atoms with van der Waals surface area (Å²) in [4.78, 5) is 11.9. The second-order valence-corrected chi connectivity index (χ2v) is 5.46. The lowest BCUT2D eigenvalue weighted by atomic mass is 9.97. The molecule has 1 heterocycles. The molecule has 0 saturated heterocycles. The van der Waals surface area contributed by atoms with Gasteiger partial charge in [-0.05, 0) is 25.5 Å². The molecule has 2 rings (SSSR count). The Morgan fingerprint density at radius 2 is 2.22 bits per heavy atom. The lowest BCUT2D eigenvalue weighted by Crippen LogP contribution is -2.46. The molecule has 0 radical (unpaired) electrons. The highest BCUT2D eigenvalue weighted by molar-refractivity contribution is 5.78. The quantitative estimate of drug-likeness (QED) is 0.756. The highest BCUT2D eigenvalue weighted by Gasteiger charge is 2.26. The summed E-state index contributed by atoms with van der Waals surface area (Å²) >= 11 is 0. The molecule has 1 atom stereocenters. The molecule has 3 N–H and O–H groups in total. The van der Waals surface area contributed by atoms with E-state index in [2.05, 4.69) is 16.7 Å². The number of amides is 1. The Morgan fingerprint density at radius 1 is 1.50 bits per heavy atom. The van der Waals surface area contributed by atoms with E-state index in [0.29, 0.717) is 6.42 Å². The van der Waals surface area contributed by atoms with Gasteiger partial charge in [0.05, 0.1) is 12.1 Å². The number of aliphatic hydroxyl groups excluding tert-OH is 1. The van der Waals surface area contributed by atoms with Gasteiger partial charge in [-0.2, -0.15) is 0 Å². The molecule has 0 bridgehead atoms. The molecule has 0 aliphatic carbocycles. The van der Waals surface area contributed by atoms with Crippen LogP contribution >= 0.6 is 0 Å². The molecule has 0 spiro atoms. The highest BCUT2D eigenvalue weighted by atomic mass is 16.3. The molecular formula is C14H20N2O2. The van der Waals surface area contributed by atoms with Gasteiger partial charge in [-0.25, -0.2) is 0 Å². The first-order valence-electron chi connectivity index (χ1n) is 6.26. The van der Waals surface area contributed by atoms with Gasteiger partial charge in [0.15, 0.2) is 0 Å². The van der Waals surface area contributed by atoms with E-state index in [-0.39, 0.29) is 18.4 Å². The van der Waals surface area contributed by atoms with E-state index in [1.54, 1.807) is 0 Å². The number of fused-ring (bicyclic) bond motifs is 1. The third-order valence-corrected chi connectivity index (χ3v) is 3.24. The maximum Gasteiger partial charge on any atom is 0.221 e. The van der Waals surface area contributed by atoms with Crippen LogP contribution in [0.4, 0.5) is 5.69 Å². The lowest BCUT2D eigenvalue weighted by molar-refractivity contribution is -0.123. The molecule has 18 heavy (non-hydrogen) atoms. The number of rotatable bonds is 4. The molecule has 1 aromatic carbocycles. The van der Waals surface area contributed by atoms with E-state index in [1.165, 1.54) is 5.56 Å². The van der Waals surface area contributed by atoms with E-state index in [1.807, 2.05) is 32.0 Å². The van der Waals surface area contributed by atoms with Crippen molar-refractivity contribution < 1.29 is 9.90 Å². The van der Waals surface area contributed by atoms with Crippen molar-refractivity contribution in [2.24, 2.45) is 0 Å². The summed E-state index contributed by atoms with van der Waals surface area (Å²) in [5.74, 6) is 0.202. The molecule has 1 aromatic rings. The number of nitrogens with one attached hydrogen (secondary N) is 2. The number of para-hydroxylation sites is 1. The average Bonchev–Trinajstić information content (AvgIpc) is 2.72. The van der Waals surface area contributed by atoms with Crippen LogP contribution in [0.25, 0.3) is 0 Å². The average molecular weight is 248 g/mol. The minimum Gasteiger partial charge on any atom is -0.394 e. The van der Waals surface area contributed by atoms with Crippen LogP contribution in [-0.4, -0.2) is 29.7 Å². The van der Waals surface area contributed by atoms with E-state index < -0.39 is 5.54 Å². The number of benzene rings is 1. The van der Waals surface area contributed by atoms with E-state index in [0.717, 1.165) is 12.2 Å². The Labute approximate surface area is 107 Å². The fraction of sp³-hybridized carbons (Fsp3) is 0.500. The number of carbonyl (C=O) groups excluding carboxylic acids is 1. The van der Waals surface area contributed by atoms with Gasteiger partial charge in [-0.1, -0.05) is 18.2 Å². The van der Waals surface area contributed by atoms with Crippen LogP contribution in [0.5, 0.6) is 0 Å². The zero-order valence-corrected chi connectivity index (χ0v) is 10.9. The van der Waals surface area contributed by atoms with Crippen LogP contribution < -0.4 is 10.6 Å². The summed E-state index contributed by atoms with van der Waals surface area (Å²) in [5.41, 5.74) is 1.77. The number of carbonyl (C=O) groups is 1. The predicted molar refractivity (Wildman–Crippen MR) is 71.6 cm³/mol. The summed E-state index contributed by atoms with van der Waals surface area (Å²) < 4.78 is 0. The van der Waals surface area contributed by atoms with Crippen LogP contribution in [0, 0.1) is 0 Å². The van der Waals surface area contributed by atoms with Gasteiger partial charge in [0.2, 0.25) is 5.91 Å². The summed E-state index contributed by atoms with van der Waals surface area (Å²) in [5, 5.41) is 15.3. The largest absolute Gasteiger partial charge is 0.394 e. The van der Waals surface area contributed by atoms with E-state index in [9.17, 15) is 4.79 Å². The van der Waals surface area contributed by atoms with E-state index in [4.69, 9.17) is 5.11 Å². The third-order valence-electron chi connectivity index (χ3n) is 3.24. The van der Waals surface area contributed by atoms with Crippen molar-refractivity contribution in [2.45, 2.75) is 31.7 Å². The van der Waals surface area contributed by atoms with Crippen molar-refractivity contribution in [2.75, 3.05) is 18.5 Å². The smallest absolute Gasteiger partial charge is 0.221 e. The molecule has 1 unspecified atom stereocenters. The molecular weight excluding hydrogens is 228 g/mol. The van der Waals surface area contributed by atoms with Crippen molar-refractivity contribution >= 4 is 11.6 Å². The van der Waals surface area contributed by atoms with Gasteiger partial charge in [-0.15, -0.1) is 0 Å². The minimum absolute atomic E-state index is 0.0162. The van der Waals surface area contributed by atoms with Crippen LogP contribution in [0.15, 0.2) is 24.3 Å². The van der Waals surface area contributed by atoms with Crippen molar-refractivity contribution in [1.82, 2.24) is 5.32 Å². The van der Waals surface area contributed by atoms with Gasteiger partial charge in [0.1, 0.15) is 0 Å². The molecule has 1 aliphatic rings. The fourth-order valence-corrected chi connectivity index (χ4v) is 2.23. The Hall–Kier alpha value is -1.55. The topological polar surface area (TPSA) is 61.4 Å². The van der Waals surface area contributed by atoms with Gasteiger partial charge >= 0.3 is 0 Å². The molecule has 0 fully saturated rings. The second kappa shape index (κ2) is 4.98. The first-order valence-corrected chi connectivity index (χ1v) is 6.26. The maximum atomic E-state index is 11.9. The van der Waals surface area contributed by atoms with Crippen molar-refractivity contribution in [3.63, 3.8) is 0 Å². The van der Waals surface area contributed by atoms with Crippen molar-refractivity contribution in [3.05, 3.63) is 29.8 Å². The predicted octanol–water partition coefficient (Wildman–Crippen LogP) is 1.47. The number of aliphatic hydroxyl groups is 1. The first kappa shape index (κ1) is 12.9. The van der Waals surface area contributed by atoms with Crippen LogP contribution in [0.1, 0.15) is 31.7 Å². The Kier molecular flexibility index (Phi) is 3.57. The van der Waals surface area contributed by atoms with Crippen LogP contribution in [-0.2, 0) is 4.79 Å². The normalized spacial score (nSPS) is 18.1. The number of anilines is 1. The zero-order chi connectivity index (χ0) is 13.2. The molecule has 98 valence electrons. The Balaban J connectivity index is 1.98. The third kappa shape index (κ3) is 2.82. The van der Waals surface area contributed by atoms with Gasteiger partial charge < -0.3 is 15.7 Å². The van der Waals surface area contributed by atoms with Gasteiger partial charge in [-0.3, -0.25) is 4.79 Å². The molecule has 0 saturated carbocycles. The standard InChI is InChI=1S/C14H20N2O2/c1-14(2,9-17)16-13(18)7-10-8-15-12-6-4-3-5-11(10)12/h3-6,10,15,17H,7-9H2,1-2H3,(H,16,18). The number of hydrogen-bond acceptors (Lipinski definition) is 3. The summed E-state index contributed by atoms with van der Waals surface area (Å²) in [6.07, 6.45) is 0.452. The van der Waals surface area contributed by atoms with Crippen LogP contribution in [0.3, 0.4) is 0 Å². The highest BCUT2D eigenvalue weighted by Crippen LogP contribution is 2.33. The summed E-state index contributed by atoms with van der Waals surface area (Å²) in [7, 11) is 0. The SMILES string of the molecule is CC(C)(CO)NC(=O)CC1CNc2ccccc21. The second-order valence-electron chi connectivity index (χ2n) is 5.46. The maximum absolute atomic E-state index is 11.9. The molecule has 1 aliphatic heterocycles. The van der Waals surface area contributed by atoms with Crippen molar-refractivity contribution in [3.8, 4) is 0 Å².